The minimum atomic E-state index is -0.602. The summed E-state index contributed by atoms with van der Waals surface area (Å²) in [5.74, 6) is 0.219. The quantitative estimate of drug-likeness (QED) is 0.471. The number of halogens is 1. The second-order valence-corrected chi connectivity index (χ2v) is 8.35. The van der Waals surface area contributed by atoms with Crippen LogP contribution < -0.4 is 14.8 Å². The molecule has 1 N–H and O–H groups in total. The molecule has 3 aromatic rings. The van der Waals surface area contributed by atoms with E-state index in [4.69, 9.17) is 25.8 Å². The highest BCUT2D eigenvalue weighted by Crippen LogP contribution is 2.31. The lowest BCUT2D eigenvalue weighted by atomic mass is 10.1. The molecule has 1 aromatic heterocycles. The summed E-state index contributed by atoms with van der Waals surface area (Å²) in [6.45, 7) is 3.11. The Morgan fingerprint density at radius 1 is 1.16 bits per heavy atom. The number of carbonyl (C=O) groups is 2. The molecule has 3 rings (SSSR count). The smallest absolute Gasteiger partial charge is 0.350 e. The van der Waals surface area contributed by atoms with Crippen molar-refractivity contribution in [3.05, 3.63) is 63.6 Å². The Kier molecular flexibility index (Phi) is 7.71. The molecule has 9 heteroatoms. The highest BCUT2D eigenvalue weighted by atomic mass is 35.5. The molecule has 0 aliphatic heterocycles. The van der Waals surface area contributed by atoms with Crippen molar-refractivity contribution in [2.75, 3.05) is 20.8 Å². The Labute approximate surface area is 195 Å². The summed E-state index contributed by atoms with van der Waals surface area (Å²) in [4.78, 5) is 29.7. The van der Waals surface area contributed by atoms with Crippen LogP contribution in [0, 0.1) is 6.92 Å². The van der Waals surface area contributed by atoms with E-state index in [0.29, 0.717) is 32.1 Å². The van der Waals surface area contributed by atoms with E-state index >= 15 is 0 Å². The van der Waals surface area contributed by atoms with Gasteiger partial charge in [0.25, 0.3) is 5.91 Å². The topological polar surface area (TPSA) is 86.8 Å². The van der Waals surface area contributed by atoms with Crippen LogP contribution in [0.15, 0.2) is 42.5 Å². The summed E-state index contributed by atoms with van der Waals surface area (Å²) in [5, 5.41) is 4.04. The number of thiazole rings is 1. The third kappa shape index (κ3) is 5.57. The second-order valence-electron chi connectivity index (χ2n) is 6.92. The number of esters is 1. The van der Waals surface area contributed by atoms with Gasteiger partial charge in [0, 0.05) is 16.1 Å². The van der Waals surface area contributed by atoms with Crippen LogP contribution in [0.2, 0.25) is 5.02 Å². The third-order valence-corrected chi connectivity index (χ3v) is 6.09. The molecule has 32 heavy (non-hydrogen) atoms. The molecule has 0 saturated heterocycles. The summed E-state index contributed by atoms with van der Waals surface area (Å²) in [6.07, 6.45) is 0. The zero-order valence-corrected chi connectivity index (χ0v) is 19.7. The van der Waals surface area contributed by atoms with Crippen molar-refractivity contribution in [2.45, 2.75) is 19.9 Å². The number of hydrogen-bond donors (Lipinski definition) is 1. The molecule has 0 fully saturated rings. The van der Waals surface area contributed by atoms with Gasteiger partial charge in [-0.3, -0.25) is 4.79 Å². The number of benzene rings is 2. The lowest BCUT2D eigenvalue weighted by Crippen LogP contribution is -2.31. The van der Waals surface area contributed by atoms with Crippen LogP contribution in [0.25, 0.3) is 10.6 Å². The largest absolute Gasteiger partial charge is 0.497 e. The number of nitrogens with one attached hydrogen (secondary N) is 1. The first kappa shape index (κ1) is 23.6. The van der Waals surface area contributed by atoms with Crippen LogP contribution in [0.1, 0.15) is 33.9 Å². The highest BCUT2D eigenvalue weighted by Gasteiger charge is 2.20. The maximum absolute atomic E-state index is 12.5. The lowest BCUT2D eigenvalue weighted by Gasteiger charge is -2.18. The highest BCUT2D eigenvalue weighted by molar-refractivity contribution is 7.17. The van der Waals surface area contributed by atoms with Crippen LogP contribution in [0.4, 0.5) is 0 Å². The van der Waals surface area contributed by atoms with E-state index in [2.05, 4.69) is 10.3 Å². The minimum Gasteiger partial charge on any atom is -0.497 e. The molecular formula is C23H23ClN2O5S. The number of hydrogen-bond acceptors (Lipinski definition) is 7. The van der Waals surface area contributed by atoms with Crippen LogP contribution in [-0.2, 0) is 9.53 Å². The Hall–Kier alpha value is -3.10. The van der Waals surface area contributed by atoms with Gasteiger partial charge in [-0.1, -0.05) is 23.7 Å². The average Bonchev–Trinajstić information content (AvgIpc) is 3.18. The SMILES string of the molecule is COc1ccc(OC)c(C(C)NC(=O)COC(=O)c2sc(-c3cccc(Cl)c3)nc2C)c1. The standard InChI is InChI=1S/C23H23ClN2O5S/c1-13(18-11-17(29-3)8-9-19(18)30-4)25-20(27)12-31-23(28)21-14(2)26-22(32-21)15-6-5-7-16(24)10-15/h5-11,13H,12H2,1-4H3,(H,25,27). The van der Waals surface area contributed by atoms with E-state index in [-0.39, 0.29) is 6.04 Å². The molecule has 2 aromatic carbocycles. The first-order chi connectivity index (χ1) is 15.3. The van der Waals surface area contributed by atoms with Crippen LogP contribution >= 0.6 is 22.9 Å². The van der Waals surface area contributed by atoms with Gasteiger partial charge in [-0.25, -0.2) is 9.78 Å². The first-order valence-corrected chi connectivity index (χ1v) is 10.9. The van der Waals surface area contributed by atoms with Gasteiger partial charge < -0.3 is 19.5 Å². The fourth-order valence-corrected chi connectivity index (χ4v) is 4.21. The van der Waals surface area contributed by atoms with Crippen molar-refractivity contribution in [3.8, 4) is 22.1 Å². The number of aryl methyl sites for hydroxylation is 1. The van der Waals surface area contributed by atoms with Gasteiger partial charge in [0.05, 0.1) is 26.0 Å². The monoisotopic (exact) mass is 474 g/mol. The predicted molar refractivity (Wildman–Crippen MR) is 124 cm³/mol. The second kappa shape index (κ2) is 10.5. The fourth-order valence-electron chi connectivity index (χ4n) is 3.07. The number of aromatic nitrogens is 1. The van der Waals surface area contributed by atoms with E-state index in [1.54, 1.807) is 51.5 Å². The van der Waals surface area contributed by atoms with Gasteiger partial charge in [0.15, 0.2) is 6.61 Å². The average molecular weight is 475 g/mol. The van der Waals surface area contributed by atoms with Crippen LogP contribution in [-0.4, -0.2) is 37.7 Å². The van der Waals surface area contributed by atoms with E-state index in [1.807, 2.05) is 19.1 Å². The fraction of sp³-hybridized carbons (Fsp3) is 0.261. The van der Waals surface area contributed by atoms with E-state index in [0.717, 1.165) is 11.1 Å². The van der Waals surface area contributed by atoms with Gasteiger partial charge in [0.2, 0.25) is 0 Å². The maximum atomic E-state index is 12.5. The molecule has 0 saturated carbocycles. The van der Waals surface area contributed by atoms with E-state index in [9.17, 15) is 9.59 Å². The molecule has 1 atom stereocenters. The van der Waals surface area contributed by atoms with Crippen molar-refractivity contribution in [3.63, 3.8) is 0 Å². The van der Waals surface area contributed by atoms with Gasteiger partial charge >= 0.3 is 5.97 Å². The lowest BCUT2D eigenvalue weighted by molar-refractivity contribution is -0.124. The Morgan fingerprint density at radius 2 is 1.94 bits per heavy atom. The van der Waals surface area contributed by atoms with E-state index < -0.39 is 18.5 Å². The van der Waals surface area contributed by atoms with Crippen molar-refractivity contribution >= 4 is 34.8 Å². The summed E-state index contributed by atoms with van der Waals surface area (Å²) in [6, 6.07) is 12.2. The van der Waals surface area contributed by atoms with Gasteiger partial charge in [-0.15, -0.1) is 11.3 Å². The normalized spacial score (nSPS) is 11.5. The third-order valence-electron chi connectivity index (χ3n) is 4.67. The van der Waals surface area contributed by atoms with Crippen molar-refractivity contribution in [2.24, 2.45) is 0 Å². The Morgan fingerprint density at radius 3 is 2.62 bits per heavy atom. The molecule has 1 amide bonds. The molecule has 0 aliphatic carbocycles. The first-order valence-electron chi connectivity index (χ1n) is 9.74. The number of ether oxygens (including phenoxy) is 3. The molecule has 1 unspecified atom stereocenters. The Balaban J connectivity index is 1.62. The summed E-state index contributed by atoms with van der Waals surface area (Å²) in [5.41, 5.74) is 2.09. The minimum absolute atomic E-state index is 0.343. The van der Waals surface area contributed by atoms with Crippen molar-refractivity contribution < 1.29 is 23.8 Å². The summed E-state index contributed by atoms with van der Waals surface area (Å²) in [7, 11) is 3.12. The van der Waals surface area contributed by atoms with Crippen molar-refractivity contribution in [1.82, 2.24) is 10.3 Å². The van der Waals surface area contributed by atoms with Crippen molar-refractivity contribution in [1.29, 1.82) is 0 Å². The van der Waals surface area contributed by atoms with Gasteiger partial charge in [0.1, 0.15) is 21.4 Å². The number of amides is 1. The zero-order valence-electron chi connectivity index (χ0n) is 18.1. The number of methoxy groups -OCH3 is 2. The molecule has 0 radical (unpaired) electrons. The predicted octanol–water partition coefficient (Wildman–Crippen LogP) is 4.82. The van der Waals surface area contributed by atoms with E-state index in [1.165, 1.54) is 11.3 Å². The van der Waals surface area contributed by atoms with Gasteiger partial charge in [-0.05, 0) is 44.2 Å². The summed E-state index contributed by atoms with van der Waals surface area (Å²) >= 11 is 7.23. The van der Waals surface area contributed by atoms with Crippen LogP contribution in [0.5, 0.6) is 11.5 Å². The molecule has 0 spiro atoms. The molecule has 168 valence electrons. The number of rotatable bonds is 8. The number of carbonyl (C=O) groups excluding carboxylic acids is 2. The molecule has 0 bridgehead atoms. The van der Waals surface area contributed by atoms with Crippen LogP contribution in [0.3, 0.4) is 0 Å². The summed E-state index contributed by atoms with van der Waals surface area (Å²) < 4.78 is 15.8. The zero-order chi connectivity index (χ0) is 23.3. The number of nitrogens with zero attached hydrogens (tertiary/aromatic N) is 1. The molecule has 1 heterocycles. The molecule has 7 nitrogen and oxygen atoms in total. The molecule has 0 aliphatic rings. The molecular weight excluding hydrogens is 452 g/mol. The van der Waals surface area contributed by atoms with Gasteiger partial charge in [-0.2, -0.15) is 0 Å². The Bertz CT molecular complexity index is 1130. The maximum Gasteiger partial charge on any atom is 0.350 e.